The van der Waals surface area contributed by atoms with E-state index in [4.69, 9.17) is 10.5 Å². The maximum atomic E-state index is 12.9. The van der Waals surface area contributed by atoms with Gasteiger partial charge in [0.25, 0.3) is 5.91 Å². The molecule has 1 saturated heterocycles. The standard InChI is InChI=1S/C20H22N6O2/c1-28-17-4-2-3-16(9-17)18-11-25(12-19(18)21)20(27)15-7-5-14(6-8-15)10-26-13-22-23-24-26/h2-9,13,18-19H,10-12,21H2,1H3/t18-,19+/m1/s1. The van der Waals surface area contributed by atoms with Gasteiger partial charge in [0.05, 0.1) is 13.7 Å². The normalized spacial score (nSPS) is 19.0. The smallest absolute Gasteiger partial charge is 0.253 e. The summed E-state index contributed by atoms with van der Waals surface area (Å²) >= 11 is 0. The fraction of sp³-hybridized carbons (Fsp3) is 0.300. The number of likely N-dealkylation sites (tertiary alicyclic amines) is 1. The first-order valence-electron chi connectivity index (χ1n) is 9.12. The number of methoxy groups -OCH3 is 1. The van der Waals surface area contributed by atoms with Gasteiger partial charge in [-0.15, -0.1) is 5.10 Å². The van der Waals surface area contributed by atoms with Crippen molar-refractivity contribution in [1.29, 1.82) is 0 Å². The van der Waals surface area contributed by atoms with Crippen molar-refractivity contribution in [3.8, 4) is 5.75 Å². The Hall–Kier alpha value is -3.26. The molecule has 0 unspecified atom stereocenters. The predicted octanol–water partition coefficient (Wildman–Crippen LogP) is 1.30. The molecule has 3 aromatic rings. The van der Waals surface area contributed by atoms with Crippen molar-refractivity contribution in [2.24, 2.45) is 5.73 Å². The SMILES string of the molecule is COc1cccc([C@H]2CN(C(=O)c3ccc(Cn4cnnn4)cc3)C[C@@H]2N)c1. The number of hydrogen-bond acceptors (Lipinski definition) is 6. The van der Waals surface area contributed by atoms with E-state index in [1.54, 1.807) is 18.1 Å². The molecule has 0 aliphatic carbocycles. The first-order chi connectivity index (χ1) is 13.6. The lowest BCUT2D eigenvalue weighted by atomic mass is 9.95. The largest absolute Gasteiger partial charge is 0.497 e. The zero-order valence-corrected chi connectivity index (χ0v) is 15.6. The highest BCUT2D eigenvalue weighted by atomic mass is 16.5. The van der Waals surface area contributed by atoms with Gasteiger partial charge >= 0.3 is 0 Å². The molecule has 8 nitrogen and oxygen atoms in total. The van der Waals surface area contributed by atoms with E-state index in [1.807, 2.05) is 53.4 Å². The Kier molecular flexibility index (Phi) is 5.03. The first kappa shape index (κ1) is 18.1. The minimum absolute atomic E-state index is 0.00480. The van der Waals surface area contributed by atoms with Crippen molar-refractivity contribution in [3.63, 3.8) is 0 Å². The van der Waals surface area contributed by atoms with Crippen LogP contribution in [0.1, 0.15) is 27.4 Å². The lowest BCUT2D eigenvalue weighted by molar-refractivity contribution is 0.0789. The number of carbonyl (C=O) groups is 1. The summed E-state index contributed by atoms with van der Waals surface area (Å²) in [6.45, 7) is 1.70. The molecule has 1 fully saturated rings. The fourth-order valence-corrected chi connectivity index (χ4v) is 3.59. The van der Waals surface area contributed by atoms with Gasteiger partial charge in [0.2, 0.25) is 0 Å². The zero-order chi connectivity index (χ0) is 19.5. The van der Waals surface area contributed by atoms with Crippen LogP contribution >= 0.6 is 0 Å². The molecule has 1 aromatic heterocycles. The van der Waals surface area contributed by atoms with Crippen LogP contribution in [-0.2, 0) is 6.54 Å². The Labute approximate surface area is 162 Å². The number of benzene rings is 2. The van der Waals surface area contributed by atoms with Gasteiger partial charge in [0.15, 0.2) is 0 Å². The van der Waals surface area contributed by atoms with Crippen molar-refractivity contribution < 1.29 is 9.53 Å². The molecule has 0 radical (unpaired) electrons. The summed E-state index contributed by atoms with van der Waals surface area (Å²) in [7, 11) is 1.65. The van der Waals surface area contributed by atoms with E-state index in [0.717, 1.165) is 16.9 Å². The minimum atomic E-state index is -0.102. The highest BCUT2D eigenvalue weighted by Crippen LogP contribution is 2.29. The summed E-state index contributed by atoms with van der Waals surface area (Å²) in [6.07, 6.45) is 1.56. The number of nitrogens with zero attached hydrogens (tertiary/aromatic N) is 5. The second-order valence-electron chi connectivity index (χ2n) is 6.96. The van der Waals surface area contributed by atoms with Crippen LogP contribution in [0.5, 0.6) is 5.75 Å². The predicted molar refractivity (Wildman–Crippen MR) is 103 cm³/mol. The van der Waals surface area contributed by atoms with E-state index in [1.165, 1.54) is 0 Å². The number of nitrogens with two attached hydrogens (primary N) is 1. The summed E-state index contributed by atoms with van der Waals surface area (Å²) in [5.74, 6) is 0.889. The van der Waals surface area contributed by atoms with E-state index in [2.05, 4.69) is 15.5 Å². The Balaban J connectivity index is 1.45. The molecule has 4 rings (SSSR count). The van der Waals surface area contributed by atoms with Crippen LogP contribution in [0.15, 0.2) is 54.9 Å². The molecule has 0 bridgehead atoms. The average Bonchev–Trinajstić information content (AvgIpc) is 3.37. The molecule has 8 heteroatoms. The lowest BCUT2D eigenvalue weighted by Gasteiger charge is -2.17. The third kappa shape index (κ3) is 3.72. The quantitative estimate of drug-likeness (QED) is 0.718. The zero-order valence-electron chi connectivity index (χ0n) is 15.6. The van der Waals surface area contributed by atoms with Crippen molar-refractivity contribution in [3.05, 3.63) is 71.5 Å². The average molecular weight is 378 g/mol. The topological polar surface area (TPSA) is 99.2 Å². The number of ether oxygens (including phenoxy) is 1. The van der Waals surface area contributed by atoms with Crippen LogP contribution in [0.2, 0.25) is 0 Å². The van der Waals surface area contributed by atoms with Gasteiger partial charge in [-0.25, -0.2) is 4.68 Å². The molecular formula is C20H22N6O2. The molecule has 2 atom stereocenters. The fourth-order valence-electron chi connectivity index (χ4n) is 3.59. The second kappa shape index (κ2) is 7.77. The van der Waals surface area contributed by atoms with E-state index in [0.29, 0.717) is 25.2 Å². The van der Waals surface area contributed by atoms with Crippen LogP contribution in [0.25, 0.3) is 0 Å². The third-order valence-electron chi connectivity index (χ3n) is 5.11. The number of tetrazole rings is 1. The molecule has 28 heavy (non-hydrogen) atoms. The molecule has 0 spiro atoms. The van der Waals surface area contributed by atoms with Gasteiger partial charge in [-0.1, -0.05) is 24.3 Å². The minimum Gasteiger partial charge on any atom is -0.497 e. The summed E-state index contributed by atoms with van der Waals surface area (Å²) in [5, 5.41) is 11.1. The Bertz CT molecular complexity index is 942. The molecule has 2 heterocycles. The van der Waals surface area contributed by atoms with Gasteiger partial charge in [0, 0.05) is 30.6 Å². The van der Waals surface area contributed by atoms with Crippen molar-refractivity contribution >= 4 is 5.91 Å². The molecule has 1 aliphatic heterocycles. The summed E-state index contributed by atoms with van der Waals surface area (Å²) < 4.78 is 6.94. The van der Waals surface area contributed by atoms with Crippen molar-refractivity contribution in [2.45, 2.75) is 18.5 Å². The molecule has 1 amide bonds. The van der Waals surface area contributed by atoms with E-state index < -0.39 is 0 Å². The van der Waals surface area contributed by atoms with Gasteiger partial charge in [-0.3, -0.25) is 4.79 Å². The van der Waals surface area contributed by atoms with Gasteiger partial charge in [0.1, 0.15) is 12.1 Å². The number of aromatic nitrogens is 4. The lowest BCUT2D eigenvalue weighted by Crippen LogP contribution is -2.32. The molecule has 144 valence electrons. The van der Waals surface area contributed by atoms with Crippen LogP contribution in [-0.4, -0.2) is 57.3 Å². The van der Waals surface area contributed by atoms with Crippen molar-refractivity contribution in [1.82, 2.24) is 25.1 Å². The summed E-state index contributed by atoms with van der Waals surface area (Å²) in [4.78, 5) is 14.8. The van der Waals surface area contributed by atoms with E-state index in [-0.39, 0.29) is 17.9 Å². The Morgan fingerprint density at radius 1 is 1.21 bits per heavy atom. The van der Waals surface area contributed by atoms with Crippen LogP contribution in [0, 0.1) is 0 Å². The highest BCUT2D eigenvalue weighted by molar-refractivity contribution is 5.94. The molecule has 2 aromatic carbocycles. The van der Waals surface area contributed by atoms with Crippen LogP contribution < -0.4 is 10.5 Å². The molecule has 0 saturated carbocycles. The highest BCUT2D eigenvalue weighted by Gasteiger charge is 2.34. The number of carbonyl (C=O) groups excluding carboxylic acids is 1. The maximum Gasteiger partial charge on any atom is 0.253 e. The maximum absolute atomic E-state index is 12.9. The van der Waals surface area contributed by atoms with Gasteiger partial charge in [-0.2, -0.15) is 0 Å². The van der Waals surface area contributed by atoms with E-state index in [9.17, 15) is 4.79 Å². The van der Waals surface area contributed by atoms with Crippen molar-refractivity contribution in [2.75, 3.05) is 20.2 Å². The molecule has 1 aliphatic rings. The Morgan fingerprint density at radius 3 is 2.75 bits per heavy atom. The Morgan fingerprint density at radius 2 is 2.04 bits per heavy atom. The van der Waals surface area contributed by atoms with Crippen LogP contribution in [0.3, 0.4) is 0 Å². The number of hydrogen-bond donors (Lipinski definition) is 1. The number of amides is 1. The molecular weight excluding hydrogens is 356 g/mol. The monoisotopic (exact) mass is 378 g/mol. The van der Waals surface area contributed by atoms with E-state index >= 15 is 0 Å². The second-order valence-corrected chi connectivity index (χ2v) is 6.96. The summed E-state index contributed by atoms with van der Waals surface area (Å²) in [5.41, 5.74) is 9.12. The van der Waals surface area contributed by atoms with Gasteiger partial charge < -0.3 is 15.4 Å². The summed E-state index contributed by atoms with van der Waals surface area (Å²) in [6, 6.07) is 15.3. The third-order valence-corrected chi connectivity index (χ3v) is 5.11. The van der Waals surface area contributed by atoms with Crippen LogP contribution in [0.4, 0.5) is 0 Å². The number of rotatable bonds is 5. The molecule has 2 N–H and O–H groups in total. The first-order valence-corrected chi connectivity index (χ1v) is 9.12. The van der Waals surface area contributed by atoms with Gasteiger partial charge in [-0.05, 0) is 45.8 Å².